The number of aromatic nitrogens is 6. The van der Waals surface area contributed by atoms with E-state index in [9.17, 15) is 4.79 Å². The predicted octanol–water partition coefficient (Wildman–Crippen LogP) is 3.03. The summed E-state index contributed by atoms with van der Waals surface area (Å²) >= 11 is 0. The minimum Gasteiger partial charge on any atom is -0.444 e. The first-order valence-corrected chi connectivity index (χ1v) is 10.5. The highest BCUT2D eigenvalue weighted by molar-refractivity contribution is 5.86. The number of rotatable bonds is 4. The maximum atomic E-state index is 12.4. The number of likely N-dealkylation sites (tertiary alicyclic amines) is 1. The molecule has 4 heterocycles. The Hall–Kier alpha value is -3.30. The number of ether oxygens (including phenoxy) is 1. The molecule has 1 aliphatic heterocycles. The maximum absolute atomic E-state index is 12.4. The van der Waals surface area contributed by atoms with Crippen LogP contribution in [0.4, 0.5) is 10.6 Å². The Morgan fingerprint density at radius 1 is 1.23 bits per heavy atom. The second kappa shape index (κ2) is 8.09. The van der Waals surface area contributed by atoms with Crippen LogP contribution in [-0.2, 0) is 11.3 Å². The lowest BCUT2D eigenvalue weighted by molar-refractivity contribution is 0.0293. The third-order valence-corrected chi connectivity index (χ3v) is 5.07. The second-order valence-corrected chi connectivity index (χ2v) is 8.65. The van der Waals surface area contributed by atoms with Gasteiger partial charge in [-0.1, -0.05) is 0 Å². The summed E-state index contributed by atoms with van der Waals surface area (Å²) in [5.74, 6) is 2.12. The predicted molar refractivity (Wildman–Crippen MR) is 117 cm³/mol. The minimum atomic E-state index is -0.509. The molecule has 3 aromatic rings. The lowest BCUT2D eigenvalue weighted by atomic mass is 10.2. The molecule has 10 nitrogen and oxygen atoms in total. The number of hydrogen-bond donors (Lipinski definition) is 1. The zero-order valence-electron chi connectivity index (χ0n) is 18.6. The highest BCUT2D eigenvalue weighted by Crippen LogP contribution is 2.27. The Morgan fingerprint density at radius 2 is 1.97 bits per heavy atom. The van der Waals surface area contributed by atoms with Crippen molar-refractivity contribution in [1.82, 2.24) is 34.4 Å². The number of carbonyl (C=O) groups excluding carboxylic acids is 1. The Balaban J connectivity index is 1.58. The van der Waals surface area contributed by atoms with Gasteiger partial charge in [0.05, 0.1) is 5.56 Å². The maximum Gasteiger partial charge on any atom is 0.410 e. The molecule has 0 aromatic carbocycles. The molecule has 3 aromatic heterocycles. The van der Waals surface area contributed by atoms with E-state index in [0.29, 0.717) is 36.8 Å². The van der Waals surface area contributed by atoms with E-state index in [-0.39, 0.29) is 12.1 Å². The van der Waals surface area contributed by atoms with E-state index in [1.807, 2.05) is 39.2 Å². The van der Waals surface area contributed by atoms with Gasteiger partial charge in [0.25, 0.3) is 0 Å². The molecule has 0 bridgehead atoms. The fourth-order valence-corrected chi connectivity index (χ4v) is 3.63. The summed E-state index contributed by atoms with van der Waals surface area (Å²) in [6.45, 7) is 11.4. The molecular weight excluding hydrogens is 396 g/mol. The van der Waals surface area contributed by atoms with Crippen LogP contribution in [0.5, 0.6) is 0 Å². The van der Waals surface area contributed by atoms with Gasteiger partial charge in [0.15, 0.2) is 17.0 Å². The van der Waals surface area contributed by atoms with Crippen LogP contribution in [0.1, 0.15) is 39.9 Å². The van der Waals surface area contributed by atoms with Gasteiger partial charge in [-0.15, -0.1) is 0 Å². The molecule has 164 valence electrons. The molecule has 31 heavy (non-hydrogen) atoms. The largest absolute Gasteiger partial charge is 0.444 e. The van der Waals surface area contributed by atoms with Gasteiger partial charge in [-0.05, 0) is 41.0 Å². The van der Waals surface area contributed by atoms with Crippen molar-refractivity contribution in [2.24, 2.45) is 0 Å². The standard InChI is InChI=1S/C21H28N8O2/c1-6-29-18(14-9-22-13(2)23-10-14)27-16-17(24-12-25-19(16)29)26-15-7-8-28(11-15)20(30)31-21(3,4)5/h9-10,12,15H,6-8,11H2,1-5H3,(H,24,25,26)/t15-/m0/s1. The Morgan fingerprint density at radius 3 is 2.65 bits per heavy atom. The summed E-state index contributed by atoms with van der Waals surface area (Å²) in [6, 6.07) is 0.0588. The Bertz CT molecular complexity index is 1090. The fourth-order valence-electron chi connectivity index (χ4n) is 3.63. The van der Waals surface area contributed by atoms with Crippen LogP contribution in [0.3, 0.4) is 0 Å². The zero-order chi connectivity index (χ0) is 22.2. The highest BCUT2D eigenvalue weighted by atomic mass is 16.6. The number of anilines is 1. The van der Waals surface area contributed by atoms with E-state index in [2.05, 4.69) is 25.3 Å². The van der Waals surface area contributed by atoms with Gasteiger partial charge >= 0.3 is 6.09 Å². The van der Waals surface area contributed by atoms with Crippen molar-refractivity contribution in [3.05, 3.63) is 24.5 Å². The monoisotopic (exact) mass is 424 g/mol. The van der Waals surface area contributed by atoms with Gasteiger partial charge in [-0.2, -0.15) is 0 Å². The first-order valence-electron chi connectivity index (χ1n) is 10.5. The smallest absolute Gasteiger partial charge is 0.410 e. The quantitative estimate of drug-likeness (QED) is 0.680. The SMILES string of the molecule is CCn1c(-c2cnc(C)nc2)nc2c(N[C@H]3CCN(C(=O)OC(C)(C)C)C3)ncnc21. The summed E-state index contributed by atoms with van der Waals surface area (Å²) in [5.41, 5.74) is 1.76. The average Bonchev–Trinajstić information content (AvgIpc) is 3.32. The summed E-state index contributed by atoms with van der Waals surface area (Å²) in [7, 11) is 0. The molecule has 1 fully saturated rings. The van der Waals surface area contributed by atoms with Crippen molar-refractivity contribution >= 4 is 23.1 Å². The molecule has 10 heteroatoms. The van der Waals surface area contributed by atoms with Gasteiger partial charge in [0.2, 0.25) is 0 Å². The van der Waals surface area contributed by atoms with Gasteiger partial charge in [-0.3, -0.25) is 0 Å². The number of hydrogen-bond acceptors (Lipinski definition) is 8. The average molecular weight is 425 g/mol. The number of nitrogens with one attached hydrogen (secondary N) is 1. The molecule has 4 rings (SSSR count). The number of nitrogens with zero attached hydrogens (tertiary/aromatic N) is 7. The minimum absolute atomic E-state index is 0.0588. The molecule has 1 N–H and O–H groups in total. The molecule has 1 aliphatic rings. The molecule has 1 saturated heterocycles. The van der Waals surface area contributed by atoms with Crippen LogP contribution in [0, 0.1) is 6.92 Å². The molecule has 1 amide bonds. The van der Waals surface area contributed by atoms with E-state index in [1.54, 1.807) is 17.3 Å². The van der Waals surface area contributed by atoms with E-state index in [1.165, 1.54) is 6.33 Å². The number of carbonyl (C=O) groups is 1. The number of fused-ring (bicyclic) bond motifs is 1. The van der Waals surface area contributed by atoms with Crippen LogP contribution in [-0.4, -0.2) is 65.2 Å². The van der Waals surface area contributed by atoms with Crippen LogP contribution in [0.2, 0.25) is 0 Å². The normalized spacial score (nSPS) is 16.7. The van der Waals surface area contributed by atoms with Gasteiger partial charge in [0.1, 0.15) is 23.6 Å². The number of aryl methyl sites for hydroxylation is 2. The van der Waals surface area contributed by atoms with E-state index < -0.39 is 5.60 Å². The van der Waals surface area contributed by atoms with Gasteiger partial charge in [0, 0.05) is 38.1 Å². The van der Waals surface area contributed by atoms with E-state index in [0.717, 1.165) is 23.5 Å². The first kappa shape index (κ1) is 21.0. The van der Waals surface area contributed by atoms with Crippen molar-refractivity contribution < 1.29 is 9.53 Å². The summed E-state index contributed by atoms with van der Waals surface area (Å²) < 4.78 is 7.51. The molecule has 0 radical (unpaired) electrons. The number of amides is 1. The molecule has 0 saturated carbocycles. The van der Waals surface area contributed by atoms with Crippen LogP contribution < -0.4 is 5.32 Å². The lowest BCUT2D eigenvalue weighted by Gasteiger charge is -2.24. The zero-order valence-corrected chi connectivity index (χ0v) is 18.6. The molecule has 1 atom stereocenters. The fraction of sp³-hybridized carbons (Fsp3) is 0.524. The van der Waals surface area contributed by atoms with E-state index >= 15 is 0 Å². The number of imidazole rings is 1. The first-order chi connectivity index (χ1) is 14.7. The lowest BCUT2D eigenvalue weighted by Crippen LogP contribution is -2.36. The topological polar surface area (TPSA) is 111 Å². The van der Waals surface area contributed by atoms with Crippen LogP contribution in [0.25, 0.3) is 22.6 Å². The van der Waals surface area contributed by atoms with Crippen LogP contribution in [0.15, 0.2) is 18.7 Å². The Kier molecular flexibility index (Phi) is 5.47. The van der Waals surface area contributed by atoms with Gasteiger partial charge in [-0.25, -0.2) is 29.7 Å². The third kappa shape index (κ3) is 4.42. The molecule has 0 spiro atoms. The molecule has 0 aliphatic carbocycles. The van der Waals surface area contributed by atoms with Crippen molar-refractivity contribution in [2.45, 2.75) is 59.2 Å². The third-order valence-electron chi connectivity index (χ3n) is 5.07. The molecule has 0 unspecified atom stereocenters. The van der Waals surface area contributed by atoms with Crippen molar-refractivity contribution in [3.63, 3.8) is 0 Å². The van der Waals surface area contributed by atoms with Crippen molar-refractivity contribution in [2.75, 3.05) is 18.4 Å². The Labute approximate surface area is 181 Å². The summed E-state index contributed by atoms with van der Waals surface area (Å²) in [5, 5.41) is 3.45. The van der Waals surface area contributed by atoms with Crippen LogP contribution >= 0.6 is 0 Å². The summed E-state index contributed by atoms with van der Waals surface area (Å²) in [6.07, 6.45) is 5.59. The molecular formula is C21H28N8O2. The summed E-state index contributed by atoms with van der Waals surface area (Å²) in [4.78, 5) is 36.4. The van der Waals surface area contributed by atoms with E-state index in [4.69, 9.17) is 9.72 Å². The second-order valence-electron chi connectivity index (χ2n) is 8.65. The highest BCUT2D eigenvalue weighted by Gasteiger charge is 2.30. The van der Waals surface area contributed by atoms with Gasteiger partial charge < -0.3 is 19.5 Å². The van der Waals surface area contributed by atoms with Crippen molar-refractivity contribution in [3.8, 4) is 11.4 Å². The van der Waals surface area contributed by atoms with Crippen molar-refractivity contribution in [1.29, 1.82) is 0 Å².